The van der Waals surface area contributed by atoms with Gasteiger partial charge in [-0.05, 0) is 37.1 Å². The number of hydrogen-bond acceptors (Lipinski definition) is 2. The number of ether oxygens (including phenoxy) is 1. The molecule has 0 heterocycles. The molecule has 1 N–H and O–H groups in total. The lowest BCUT2D eigenvalue weighted by molar-refractivity contribution is -0.0355. The van der Waals surface area contributed by atoms with Crippen LogP contribution in [0.3, 0.4) is 0 Å². The summed E-state index contributed by atoms with van der Waals surface area (Å²) in [7, 11) is 1.64. The maximum absolute atomic E-state index is 10.7. The Hall–Kier alpha value is -1.64. The molecule has 0 bridgehead atoms. The van der Waals surface area contributed by atoms with Crippen LogP contribution in [0, 0.1) is 0 Å². The first kappa shape index (κ1) is 14.8. The second-order valence-corrected chi connectivity index (χ2v) is 5.45. The van der Waals surface area contributed by atoms with Gasteiger partial charge in [0.25, 0.3) is 0 Å². The molecule has 0 aliphatic heterocycles. The highest BCUT2D eigenvalue weighted by atomic mass is 16.5. The van der Waals surface area contributed by atoms with Crippen molar-refractivity contribution in [1.82, 2.24) is 0 Å². The Morgan fingerprint density at radius 2 is 2.00 bits per heavy atom. The number of methoxy groups -OCH3 is 1. The van der Waals surface area contributed by atoms with Crippen molar-refractivity contribution in [3.8, 4) is 0 Å². The van der Waals surface area contributed by atoms with Gasteiger partial charge in [-0.3, -0.25) is 0 Å². The molecule has 1 aliphatic rings. The Morgan fingerprint density at radius 1 is 1.30 bits per heavy atom. The lowest BCUT2D eigenvalue weighted by atomic mass is 9.84. The molecule has 0 fully saturated rings. The Kier molecular flexibility index (Phi) is 4.58. The van der Waals surface area contributed by atoms with Crippen LogP contribution in [0.1, 0.15) is 25.8 Å². The van der Waals surface area contributed by atoms with Crippen molar-refractivity contribution in [2.24, 2.45) is 0 Å². The molecule has 2 unspecified atom stereocenters. The lowest BCUT2D eigenvalue weighted by Gasteiger charge is -2.33. The first-order valence-electron chi connectivity index (χ1n) is 6.90. The fraction of sp³-hybridized carbons (Fsp3) is 0.333. The van der Waals surface area contributed by atoms with Crippen molar-refractivity contribution in [1.29, 1.82) is 0 Å². The minimum absolute atomic E-state index is 0.335. The average Bonchev–Trinajstić information content (AvgIpc) is 2.47. The number of hydrogen-bond donors (Lipinski definition) is 1. The summed E-state index contributed by atoms with van der Waals surface area (Å²) in [6.07, 6.45) is 8.08. The molecule has 20 heavy (non-hydrogen) atoms. The van der Waals surface area contributed by atoms with E-state index in [2.05, 4.69) is 12.1 Å². The van der Waals surface area contributed by atoms with Gasteiger partial charge in [-0.2, -0.15) is 0 Å². The molecule has 0 amide bonds. The molecule has 0 saturated heterocycles. The normalized spacial score (nSPS) is 25.2. The van der Waals surface area contributed by atoms with Gasteiger partial charge in [-0.25, -0.2) is 0 Å². The molecule has 1 aliphatic carbocycles. The van der Waals surface area contributed by atoms with Crippen molar-refractivity contribution >= 4 is 5.57 Å². The molecule has 0 saturated carbocycles. The summed E-state index contributed by atoms with van der Waals surface area (Å²) in [5, 5.41) is 10.7. The topological polar surface area (TPSA) is 29.5 Å². The fourth-order valence-electron chi connectivity index (χ4n) is 2.34. The standard InChI is InChI=1S/C18H22O2/c1-14(2)9-11-18(19)12-10-16(13-17(18)20-3)15-7-5-4-6-8-15/h4-10,12-13,17,19H,11H2,1-3H3. The number of aliphatic hydroxyl groups is 1. The molecule has 106 valence electrons. The van der Waals surface area contributed by atoms with Gasteiger partial charge in [-0.1, -0.05) is 48.1 Å². The molecule has 0 radical (unpaired) electrons. The van der Waals surface area contributed by atoms with Crippen LogP contribution < -0.4 is 0 Å². The summed E-state index contributed by atoms with van der Waals surface area (Å²) >= 11 is 0. The van der Waals surface area contributed by atoms with Crippen LogP contribution in [-0.4, -0.2) is 23.9 Å². The van der Waals surface area contributed by atoms with Crippen molar-refractivity contribution in [2.75, 3.05) is 7.11 Å². The lowest BCUT2D eigenvalue weighted by Crippen LogP contribution is -2.41. The van der Waals surface area contributed by atoms with Gasteiger partial charge in [-0.15, -0.1) is 0 Å². The molecule has 2 heteroatoms. The maximum Gasteiger partial charge on any atom is 0.116 e. The maximum atomic E-state index is 10.7. The SMILES string of the molecule is COC1C=C(c2ccccc2)C=CC1(O)CC=C(C)C. The van der Waals surface area contributed by atoms with E-state index in [-0.39, 0.29) is 6.10 Å². The van der Waals surface area contributed by atoms with Crippen LogP contribution in [0.5, 0.6) is 0 Å². The van der Waals surface area contributed by atoms with Crippen molar-refractivity contribution in [3.05, 3.63) is 65.8 Å². The smallest absolute Gasteiger partial charge is 0.116 e. The van der Waals surface area contributed by atoms with E-state index < -0.39 is 5.60 Å². The van der Waals surface area contributed by atoms with Gasteiger partial charge in [0, 0.05) is 13.5 Å². The molecule has 1 aromatic carbocycles. The second-order valence-electron chi connectivity index (χ2n) is 5.45. The highest BCUT2D eigenvalue weighted by molar-refractivity contribution is 5.76. The molecule has 0 aromatic heterocycles. The van der Waals surface area contributed by atoms with Gasteiger partial charge in [0.15, 0.2) is 0 Å². The van der Waals surface area contributed by atoms with Gasteiger partial charge in [0.05, 0.1) is 0 Å². The van der Waals surface area contributed by atoms with Gasteiger partial charge in [0.2, 0.25) is 0 Å². The van der Waals surface area contributed by atoms with E-state index in [9.17, 15) is 5.11 Å². The van der Waals surface area contributed by atoms with E-state index in [4.69, 9.17) is 4.74 Å². The highest BCUT2D eigenvalue weighted by Crippen LogP contribution is 2.31. The van der Waals surface area contributed by atoms with Crippen LogP contribution in [0.25, 0.3) is 5.57 Å². The zero-order valence-electron chi connectivity index (χ0n) is 12.3. The van der Waals surface area contributed by atoms with Gasteiger partial charge >= 0.3 is 0 Å². The third-order valence-electron chi connectivity index (χ3n) is 3.57. The van der Waals surface area contributed by atoms with Crippen LogP contribution in [0.2, 0.25) is 0 Å². The molecular weight excluding hydrogens is 248 g/mol. The molecule has 1 aromatic rings. The van der Waals surface area contributed by atoms with Gasteiger partial charge in [0.1, 0.15) is 11.7 Å². The Morgan fingerprint density at radius 3 is 2.60 bits per heavy atom. The van der Waals surface area contributed by atoms with Crippen molar-refractivity contribution < 1.29 is 9.84 Å². The molecule has 2 atom stereocenters. The highest BCUT2D eigenvalue weighted by Gasteiger charge is 2.34. The number of rotatable bonds is 4. The van der Waals surface area contributed by atoms with Crippen molar-refractivity contribution in [2.45, 2.75) is 32.0 Å². The summed E-state index contributed by atoms with van der Waals surface area (Å²) in [5.74, 6) is 0. The fourth-order valence-corrected chi connectivity index (χ4v) is 2.34. The monoisotopic (exact) mass is 270 g/mol. The first-order chi connectivity index (χ1) is 9.55. The zero-order valence-corrected chi connectivity index (χ0v) is 12.3. The number of benzene rings is 1. The predicted molar refractivity (Wildman–Crippen MR) is 83.4 cm³/mol. The van der Waals surface area contributed by atoms with Gasteiger partial charge < -0.3 is 9.84 Å². The summed E-state index contributed by atoms with van der Waals surface area (Å²) in [4.78, 5) is 0. The quantitative estimate of drug-likeness (QED) is 0.844. The minimum Gasteiger partial charge on any atom is -0.382 e. The van der Waals surface area contributed by atoms with Crippen LogP contribution in [-0.2, 0) is 4.74 Å². The minimum atomic E-state index is -0.968. The molecule has 0 spiro atoms. The molecule has 2 rings (SSSR count). The first-order valence-corrected chi connectivity index (χ1v) is 6.90. The zero-order chi connectivity index (χ0) is 14.6. The van der Waals surface area contributed by atoms with E-state index in [1.165, 1.54) is 5.57 Å². The Labute approximate surface area is 121 Å². The summed E-state index contributed by atoms with van der Waals surface area (Å²) in [6.45, 7) is 4.06. The summed E-state index contributed by atoms with van der Waals surface area (Å²) in [6, 6.07) is 10.1. The van der Waals surface area contributed by atoms with E-state index >= 15 is 0 Å². The van der Waals surface area contributed by atoms with Crippen LogP contribution in [0.4, 0.5) is 0 Å². The van der Waals surface area contributed by atoms with E-state index in [0.717, 1.165) is 11.1 Å². The summed E-state index contributed by atoms with van der Waals surface area (Å²) < 4.78 is 5.48. The third kappa shape index (κ3) is 3.27. The van der Waals surface area contributed by atoms with Crippen molar-refractivity contribution in [3.63, 3.8) is 0 Å². The predicted octanol–water partition coefficient (Wildman–Crippen LogP) is 3.74. The largest absolute Gasteiger partial charge is 0.382 e. The van der Waals surface area contributed by atoms with Crippen LogP contribution >= 0.6 is 0 Å². The van der Waals surface area contributed by atoms with E-state index in [0.29, 0.717) is 6.42 Å². The number of allylic oxidation sites excluding steroid dienone is 3. The van der Waals surface area contributed by atoms with E-state index in [1.54, 1.807) is 7.11 Å². The third-order valence-corrected chi connectivity index (χ3v) is 3.57. The van der Waals surface area contributed by atoms with E-state index in [1.807, 2.05) is 56.4 Å². The second kappa shape index (κ2) is 6.21. The Bertz CT molecular complexity index is 536. The Balaban J connectivity index is 2.26. The average molecular weight is 270 g/mol. The molecular formula is C18H22O2. The molecule has 2 nitrogen and oxygen atoms in total. The summed E-state index contributed by atoms with van der Waals surface area (Å²) in [5.41, 5.74) is 2.44. The van der Waals surface area contributed by atoms with Crippen LogP contribution in [0.15, 0.2) is 60.2 Å².